The fourth-order valence-electron chi connectivity index (χ4n) is 2.58. The maximum absolute atomic E-state index is 7.09. The molecule has 0 saturated heterocycles. The molecule has 114 valence electrons. The van der Waals surface area contributed by atoms with Crippen LogP contribution in [0.4, 0.5) is 11.4 Å². The Kier molecular flexibility index (Phi) is 4.79. The summed E-state index contributed by atoms with van der Waals surface area (Å²) >= 11 is 0. The van der Waals surface area contributed by atoms with Crippen molar-refractivity contribution in [2.24, 2.45) is 5.11 Å². The molecule has 3 aromatic rings. The van der Waals surface area contributed by atoms with E-state index in [4.69, 9.17) is 5.53 Å². The van der Waals surface area contributed by atoms with Gasteiger partial charge in [0.05, 0.1) is 5.69 Å². The molecule has 0 aliphatic rings. The van der Waals surface area contributed by atoms with E-state index in [2.05, 4.69) is 58.5 Å². The van der Waals surface area contributed by atoms with Crippen molar-refractivity contribution in [1.29, 1.82) is 5.53 Å². The lowest BCUT2D eigenvalue weighted by atomic mass is 10.1. The molecule has 0 aromatic heterocycles. The number of nitrogens with one attached hydrogen (secondary N) is 1. The molecule has 0 unspecified atom stereocenters. The number of benzene rings is 3. The Bertz CT molecular complexity index is 695. The van der Waals surface area contributed by atoms with Gasteiger partial charge >= 0.3 is 0 Å². The van der Waals surface area contributed by atoms with Crippen LogP contribution in [0.5, 0.6) is 0 Å². The van der Waals surface area contributed by atoms with Gasteiger partial charge in [0.2, 0.25) is 0 Å². The predicted molar refractivity (Wildman–Crippen MR) is 94.0 cm³/mol. The van der Waals surface area contributed by atoms with Gasteiger partial charge in [0, 0.05) is 18.8 Å². The van der Waals surface area contributed by atoms with Crippen molar-refractivity contribution in [2.45, 2.75) is 13.1 Å². The summed E-state index contributed by atoms with van der Waals surface area (Å²) in [5, 5.41) is 3.47. The van der Waals surface area contributed by atoms with Gasteiger partial charge in [-0.3, -0.25) is 0 Å². The molecule has 0 spiro atoms. The van der Waals surface area contributed by atoms with Crippen LogP contribution in [-0.2, 0) is 13.1 Å². The van der Waals surface area contributed by atoms with Gasteiger partial charge in [-0.15, -0.1) is 0 Å². The zero-order valence-electron chi connectivity index (χ0n) is 12.9. The van der Waals surface area contributed by atoms with Crippen LogP contribution in [0.25, 0.3) is 0 Å². The first-order valence-corrected chi connectivity index (χ1v) is 7.65. The second-order valence-electron chi connectivity index (χ2n) is 5.46. The van der Waals surface area contributed by atoms with Crippen LogP contribution in [-0.4, -0.2) is 0 Å². The Balaban J connectivity index is 1.86. The fraction of sp³-hybridized carbons (Fsp3) is 0.100. The average Bonchev–Trinajstić information content (AvgIpc) is 2.63. The van der Waals surface area contributed by atoms with Gasteiger partial charge in [0.25, 0.3) is 0 Å². The van der Waals surface area contributed by atoms with Crippen molar-refractivity contribution >= 4 is 11.4 Å². The third kappa shape index (κ3) is 4.04. The minimum absolute atomic E-state index is 0.674. The summed E-state index contributed by atoms with van der Waals surface area (Å²) in [6.07, 6.45) is 0. The van der Waals surface area contributed by atoms with E-state index in [0.717, 1.165) is 18.8 Å². The summed E-state index contributed by atoms with van der Waals surface area (Å²) in [6.45, 7) is 1.68. The summed E-state index contributed by atoms with van der Waals surface area (Å²) in [5.74, 6) is 0. The molecule has 0 bridgehead atoms. The molecule has 0 heterocycles. The number of anilines is 1. The van der Waals surface area contributed by atoms with Crippen LogP contribution < -0.4 is 4.90 Å². The SMILES string of the molecule is N=Nc1ccc(N(Cc2ccccc2)Cc2ccccc2)cc1. The molecule has 0 radical (unpaired) electrons. The van der Waals surface area contributed by atoms with Crippen molar-refractivity contribution in [3.05, 3.63) is 96.1 Å². The van der Waals surface area contributed by atoms with Crippen LogP contribution in [0.2, 0.25) is 0 Å². The largest absolute Gasteiger partial charge is 0.363 e. The Labute approximate surface area is 136 Å². The second kappa shape index (κ2) is 7.36. The zero-order chi connectivity index (χ0) is 15.9. The Morgan fingerprint density at radius 2 is 1.13 bits per heavy atom. The molecule has 0 fully saturated rings. The molecular weight excluding hydrogens is 282 g/mol. The Morgan fingerprint density at radius 3 is 1.57 bits per heavy atom. The van der Waals surface area contributed by atoms with E-state index < -0.39 is 0 Å². The molecule has 3 nitrogen and oxygen atoms in total. The first-order chi connectivity index (χ1) is 11.3. The monoisotopic (exact) mass is 301 g/mol. The van der Waals surface area contributed by atoms with Gasteiger partial charge in [-0.2, -0.15) is 5.11 Å². The number of nitrogens with zero attached hydrogens (tertiary/aromatic N) is 2. The molecule has 0 amide bonds. The number of rotatable bonds is 6. The summed E-state index contributed by atoms with van der Waals surface area (Å²) in [5.41, 5.74) is 11.4. The van der Waals surface area contributed by atoms with Gasteiger partial charge in [-0.25, -0.2) is 5.53 Å². The Hall–Kier alpha value is -2.94. The highest BCUT2D eigenvalue weighted by molar-refractivity contribution is 5.53. The smallest absolute Gasteiger partial charge is 0.0851 e. The molecule has 3 heteroatoms. The topological polar surface area (TPSA) is 39.5 Å². The van der Waals surface area contributed by atoms with E-state index in [1.165, 1.54) is 11.1 Å². The highest BCUT2D eigenvalue weighted by Crippen LogP contribution is 2.23. The van der Waals surface area contributed by atoms with E-state index in [9.17, 15) is 0 Å². The average molecular weight is 301 g/mol. The van der Waals surface area contributed by atoms with Gasteiger partial charge in [-0.05, 0) is 35.4 Å². The Morgan fingerprint density at radius 1 is 0.652 bits per heavy atom. The van der Waals surface area contributed by atoms with Crippen LogP contribution in [0, 0.1) is 5.53 Å². The molecule has 0 aliphatic carbocycles. The lowest BCUT2D eigenvalue weighted by Gasteiger charge is -2.25. The highest BCUT2D eigenvalue weighted by atomic mass is 15.1. The molecular formula is C20H19N3. The van der Waals surface area contributed by atoms with Crippen molar-refractivity contribution in [3.8, 4) is 0 Å². The first-order valence-electron chi connectivity index (χ1n) is 7.65. The second-order valence-corrected chi connectivity index (χ2v) is 5.46. The van der Waals surface area contributed by atoms with Crippen LogP contribution in [0.3, 0.4) is 0 Å². The van der Waals surface area contributed by atoms with Crippen molar-refractivity contribution in [1.82, 2.24) is 0 Å². The summed E-state index contributed by atoms with van der Waals surface area (Å²) in [4.78, 5) is 2.33. The van der Waals surface area contributed by atoms with Gasteiger partial charge in [0.1, 0.15) is 0 Å². The van der Waals surface area contributed by atoms with Gasteiger partial charge < -0.3 is 4.90 Å². The molecule has 0 saturated carbocycles. The van der Waals surface area contributed by atoms with E-state index in [0.29, 0.717) is 5.69 Å². The van der Waals surface area contributed by atoms with Gasteiger partial charge in [-0.1, -0.05) is 60.7 Å². The summed E-state index contributed by atoms with van der Waals surface area (Å²) in [6, 6.07) is 28.7. The van der Waals surface area contributed by atoms with Crippen LogP contribution in [0.1, 0.15) is 11.1 Å². The normalized spacial score (nSPS) is 10.3. The molecule has 3 rings (SSSR count). The quantitative estimate of drug-likeness (QED) is 0.595. The molecule has 0 aliphatic heterocycles. The number of hydrogen-bond donors (Lipinski definition) is 1. The predicted octanol–water partition coefficient (Wildman–Crippen LogP) is 5.56. The number of hydrogen-bond acceptors (Lipinski definition) is 3. The van der Waals surface area contributed by atoms with Gasteiger partial charge in [0.15, 0.2) is 0 Å². The molecule has 23 heavy (non-hydrogen) atoms. The summed E-state index contributed by atoms with van der Waals surface area (Å²) in [7, 11) is 0. The fourth-order valence-corrected chi connectivity index (χ4v) is 2.58. The zero-order valence-corrected chi connectivity index (χ0v) is 12.9. The van der Waals surface area contributed by atoms with Crippen molar-refractivity contribution in [3.63, 3.8) is 0 Å². The standard InChI is InChI=1S/C20H19N3/c21-22-19-11-13-20(14-12-19)23(15-17-7-3-1-4-8-17)16-18-9-5-2-6-10-18/h1-14,21H,15-16H2. The minimum Gasteiger partial charge on any atom is -0.363 e. The summed E-state index contributed by atoms with van der Waals surface area (Å²) < 4.78 is 0. The maximum atomic E-state index is 7.09. The highest BCUT2D eigenvalue weighted by Gasteiger charge is 2.08. The first kappa shape index (κ1) is 15.0. The minimum atomic E-state index is 0.674. The lowest BCUT2D eigenvalue weighted by molar-refractivity contribution is 0.800. The van der Waals surface area contributed by atoms with E-state index in [1.54, 1.807) is 0 Å². The maximum Gasteiger partial charge on any atom is 0.0851 e. The molecule has 1 N–H and O–H groups in total. The molecule has 3 aromatic carbocycles. The van der Waals surface area contributed by atoms with Crippen LogP contribution in [0.15, 0.2) is 90.0 Å². The third-order valence-electron chi connectivity index (χ3n) is 3.78. The van der Waals surface area contributed by atoms with E-state index in [-0.39, 0.29) is 0 Å². The molecule has 0 atom stereocenters. The van der Waals surface area contributed by atoms with Crippen molar-refractivity contribution < 1.29 is 0 Å². The van der Waals surface area contributed by atoms with Crippen LogP contribution >= 0.6 is 0 Å². The van der Waals surface area contributed by atoms with E-state index in [1.807, 2.05) is 36.4 Å². The van der Waals surface area contributed by atoms with Crippen molar-refractivity contribution in [2.75, 3.05) is 4.90 Å². The lowest BCUT2D eigenvalue weighted by Crippen LogP contribution is -2.21. The van der Waals surface area contributed by atoms with E-state index >= 15 is 0 Å². The third-order valence-corrected chi connectivity index (χ3v) is 3.78.